The third-order valence-corrected chi connectivity index (χ3v) is 5.68. The molecule has 0 spiro atoms. The van der Waals surface area contributed by atoms with Gasteiger partial charge in [-0.05, 0) is 28.3 Å². The second-order valence-corrected chi connectivity index (χ2v) is 8.24. The smallest absolute Gasteiger partial charge is 0.147 e. The molecule has 0 saturated heterocycles. The Morgan fingerprint density at radius 3 is 1.68 bits per heavy atom. The first-order valence-corrected chi connectivity index (χ1v) is 11.6. The van der Waals surface area contributed by atoms with Gasteiger partial charge in [-0.15, -0.1) is 0 Å². The Morgan fingerprint density at radius 1 is 0.588 bits per heavy atom. The van der Waals surface area contributed by atoms with Crippen molar-refractivity contribution in [2.24, 2.45) is 0 Å². The van der Waals surface area contributed by atoms with Crippen LogP contribution in [0.4, 0.5) is 0 Å². The summed E-state index contributed by atoms with van der Waals surface area (Å²) < 4.78 is 30.0. The van der Waals surface area contributed by atoms with Gasteiger partial charge in [-0.1, -0.05) is 91.0 Å². The summed E-state index contributed by atoms with van der Waals surface area (Å²) in [5.41, 5.74) is 4.35. The average Bonchev–Trinajstić information content (AvgIpc) is 3.22. The van der Waals surface area contributed by atoms with E-state index in [-0.39, 0.29) is 25.1 Å². The van der Waals surface area contributed by atoms with E-state index < -0.39 is 0 Å². The van der Waals surface area contributed by atoms with Gasteiger partial charge in [0.25, 0.3) is 0 Å². The van der Waals surface area contributed by atoms with Crippen LogP contribution in [-0.2, 0) is 43.5 Å². The Balaban J connectivity index is 1.46. The van der Waals surface area contributed by atoms with Gasteiger partial charge in [0.15, 0.2) is 0 Å². The molecule has 0 heterocycles. The number of methoxy groups -OCH3 is 1. The lowest BCUT2D eigenvalue weighted by Gasteiger charge is -2.27. The van der Waals surface area contributed by atoms with Crippen LogP contribution in [0.3, 0.4) is 0 Å². The molecule has 0 aliphatic heterocycles. The molecule has 0 fully saturated rings. The molecule has 3 aromatic rings. The lowest BCUT2D eigenvalue weighted by molar-refractivity contribution is -0.144. The molecule has 5 nitrogen and oxygen atoms in total. The summed E-state index contributed by atoms with van der Waals surface area (Å²) in [4.78, 5) is 0. The largest absolute Gasteiger partial charge is 0.372 e. The third-order valence-electron chi connectivity index (χ3n) is 5.68. The summed E-state index contributed by atoms with van der Waals surface area (Å²) in [7, 11) is 1.62. The van der Waals surface area contributed by atoms with Gasteiger partial charge < -0.3 is 23.7 Å². The second-order valence-electron chi connectivity index (χ2n) is 8.24. The summed E-state index contributed by atoms with van der Waals surface area (Å²) in [6.45, 7) is 2.08. The first-order chi connectivity index (χ1) is 16.8. The Kier molecular flexibility index (Phi) is 9.43. The van der Waals surface area contributed by atoms with Crippen LogP contribution in [0.1, 0.15) is 16.7 Å². The first kappa shape index (κ1) is 24.3. The van der Waals surface area contributed by atoms with Crippen molar-refractivity contribution in [2.45, 2.75) is 38.1 Å². The van der Waals surface area contributed by atoms with Crippen LogP contribution in [0.2, 0.25) is 0 Å². The van der Waals surface area contributed by atoms with Crippen molar-refractivity contribution in [2.75, 3.05) is 20.5 Å². The lowest BCUT2D eigenvalue weighted by Crippen LogP contribution is -2.38. The standard InChI is InChI=1S/C29H32O5/c1-30-22-34-28-26(21-31-18-23-11-5-2-6-12-23)17-27(32-19-24-13-7-3-8-14-24)29(28)33-20-25-15-9-4-10-16-25/h2-17,27-29H,18-22H2,1H3/t27-,28+,29-/m0/s1. The maximum atomic E-state index is 6.38. The van der Waals surface area contributed by atoms with Crippen molar-refractivity contribution in [1.82, 2.24) is 0 Å². The Bertz CT molecular complexity index is 991. The molecule has 3 aromatic carbocycles. The third kappa shape index (κ3) is 7.10. The van der Waals surface area contributed by atoms with Crippen molar-refractivity contribution in [1.29, 1.82) is 0 Å². The normalized spacial score (nSPS) is 19.8. The zero-order valence-corrected chi connectivity index (χ0v) is 19.5. The monoisotopic (exact) mass is 460 g/mol. The predicted octanol–water partition coefficient (Wildman–Crippen LogP) is 5.30. The number of ether oxygens (including phenoxy) is 5. The van der Waals surface area contributed by atoms with Gasteiger partial charge in [0.1, 0.15) is 25.1 Å². The molecule has 3 atom stereocenters. The van der Waals surface area contributed by atoms with E-state index in [0.29, 0.717) is 26.4 Å². The Morgan fingerprint density at radius 2 is 1.12 bits per heavy atom. The van der Waals surface area contributed by atoms with E-state index in [0.717, 1.165) is 22.3 Å². The van der Waals surface area contributed by atoms with E-state index in [9.17, 15) is 0 Å². The highest BCUT2D eigenvalue weighted by atomic mass is 16.7. The van der Waals surface area contributed by atoms with Crippen LogP contribution in [-0.4, -0.2) is 38.8 Å². The predicted molar refractivity (Wildman–Crippen MR) is 131 cm³/mol. The highest BCUT2D eigenvalue weighted by Gasteiger charge is 2.40. The number of benzene rings is 3. The van der Waals surface area contributed by atoms with Gasteiger partial charge in [0, 0.05) is 7.11 Å². The fourth-order valence-corrected chi connectivity index (χ4v) is 3.98. The molecular weight excluding hydrogens is 428 g/mol. The number of rotatable bonds is 13. The number of hydrogen-bond donors (Lipinski definition) is 0. The minimum Gasteiger partial charge on any atom is -0.372 e. The lowest BCUT2D eigenvalue weighted by atomic mass is 10.1. The summed E-state index contributed by atoms with van der Waals surface area (Å²) in [5.74, 6) is 0. The fourth-order valence-electron chi connectivity index (χ4n) is 3.98. The summed E-state index contributed by atoms with van der Waals surface area (Å²) in [6, 6.07) is 30.4. The highest BCUT2D eigenvalue weighted by molar-refractivity contribution is 5.25. The van der Waals surface area contributed by atoms with Gasteiger partial charge >= 0.3 is 0 Å². The molecule has 0 radical (unpaired) electrons. The first-order valence-electron chi connectivity index (χ1n) is 11.6. The minimum atomic E-state index is -0.319. The van der Waals surface area contributed by atoms with E-state index in [1.807, 2.05) is 54.6 Å². The van der Waals surface area contributed by atoms with E-state index in [1.54, 1.807) is 7.11 Å². The number of hydrogen-bond acceptors (Lipinski definition) is 5. The quantitative estimate of drug-likeness (QED) is 0.256. The van der Waals surface area contributed by atoms with Gasteiger partial charge in [0.2, 0.25) is 0 Å². The van der Waals surface area contributed by atoms with Crippen LogP contribution in [0, 0.1) is 0 Å². The highest BCUT2D eigenvalue weighted by Crippen LogP contribution is 2.30. The van der Waals surface area contributed by atoms with E-state index in [2.05, 4.69) is 42.5 Å². The average molecular weight is 461 g/mol. The molecule has 0 unspecified atom stereocenters. The molecular formula is C29H32O5. The van der Waals surface area contributed by atoms with Gasteiger partial charge in [0.05, 0.1) is 26.4 Å². The molecule has 0 saturated carbocycles. The molecule has 0 bridgehead atoms. The van der Waals surface area contributed by atoms with Crippen molar-refractivity contribution >= 4 is 0 Å². The van der Waals surface area contributed by atoms with Crippen LogP contribution in [0.15, 0.2) is 103 Å². The minimum absolute atomic E-state index is 0.164. The Hall–Kier alpha value is -2.80. The zero-order chi connectivity index (χ0) is 23.4. The molecule has 1 aliphatic carbocycles. The summed E-state index contributed by atoms with van der Waals surface area (Å²) in [6.07, 6.45) is 1.19. The molecule has 5 heteroatoms. The van der Waals surface area contributed by atoms with Crippen LogP contribution in [0.25, 0.3) is 0 Å². The fraction of sp³-hybridized carbons (Fsp3) is 0.310. The maximum Gasteiger partial charge on any atom is 0.147 e. The summed E-state index contributed by atoms with van der Waals surface area (Å²) in [5, 5.41) is 0. The summed E-state index contributed by atoms with van der Waals surface area (Å²) >= 11 is 0. The zero-order valence-electron chi connectivity index (χ0n) is 19.5. The maximum absolute atomic E-state index is 6.38. The molecule has 1 aliphatic rings. The molecule has 0 N–H and O–H groups in total. The van der Waals surface area contributed by atoms with Gasteiger partial charge in [-0.25, -0.2) is 0 Å². The molecule has 4 rings (SSSR count). The van der Waals surface area contributed by atoms with Crippen LogP contribution < -0.4 is 0 Å². The molecule has 34 heavy (non-hydrogen) atoms. The molecule has 0 aromatic heterocycles. The van der Waals surface area contributed by atoms with Crippen LogP contribution >= 0.6 is 0 Å². The van der Waals surface area contributed by atoms with E-state index in [1.165, 1.54) is 0 Å². The van der Waals surface area contributed by atoms with E-state index >= 15 is 0 Å². The van der Waals surface area contributed by atoms with Crippen molar-refractivity contribution < 1.29 is 23.7 Å². The molecule has 0 amide bonds. The SMILES string of the molecule is COCO[C@@H]1C(COCc2ccccc2)=C[C@H](OCc2ccccc2)[C@@H]1OCc1ccccc1. The van der Waals surface area contributed by atoms with Gasteiger partial charge in [-0.2, -0.15) is 0 Å². The van der Waals surface area contributed by atoms with Crippen molar-refractivity contribution in [3.63, 3.8) is 0 Å². The van der Waals surface area contributed by atoms with Gasteiger partial charge in [-0.3, -0.25) is 0 Å². The molecule has 178 valence electrons. The van der Waals surface area contributed by atoms with E-state index in [4.69, 9.17) is 23.7 Å². The van der Waals surface area contributed by atoms with Crippen LogP contribution in [0.5, 0.6) is 0 Å². The van der Waals surface area contributed by atoms with Crippen molar-refractivity contribution in [3.8, 4) is 0 Å². The topological polar surface area (TPSA) is 46.2 Å². The Labute approximate surface area is 201 Å². The second kappa shape index (κ2) is 13.2. The van der Waals surface area contributed by atoms with Crippen molar-refractivity contribution in [3.05, 3.63) is 119 Å².